The third-order valence-corrected chi connectivity index (χ3v) is 6.90. The minimum atomic E-state index is 0.504. The van der Waals surface area contributed by atoms with E-state index in [1.807, 2.05) is 6.20 Å². The van der Waals surface area contributed by atoms with Gasteiger partial charge in [0, 0.05) is 43.1 Å². The Morgan fingerprint density at radius 2 is 2.13 bits per heavy atom. The van der Waals surface area contributed by atoms with E-state index in [-0.39, 0.29) is 0 Å². The second kappa shape index (κ2) is 5.66. The van der Waals surface area contributed by atoms with Crippen LogP contribution < -0.4 is 15.5 Å². The molecule has 1 aromatic rings. The highest BCUT2D eigenvalue weighted by molar-refractivity contribution is 5.55. The lowest BCUT2D eigenvalue weighted by Crippen LogP contribution is -2.30. The molecule has 0 spiro atoms. The van der Waals surface area contributed by atoms with Crippen LogP contribution in [0.1, 0.15) is 39.5 Å². The average Bonchev–Trinajstić information content (AvgIpc) is 3.20. The number of aromatic nitrogens is 1. The van der Waals surface area contributed by atoms with Crippen molar-refractivity contribution in [2.45, 2.75) is 51.6 Å². The van der Waals surface area contributed by atoms with Crippen LogP contribution in [-0.2, 0) is 0 Å². The first-order chi connectivity index (χ1) is 11.1. The number of hydrogen-bond donors (Lipinski definition) is 2. The normalized spacial score (nSPS) is 35.0. The van der Waals surface area contributed by atoms with Gasteiger partial charge < -0.3 is 15.5 Å². The van der Waals surface area contributed by atoms with E-state index in [4.69, 9.17) is 0 Å². The van der Waals surface area contributed by atoms with Crippen LogP contribution in [0.4, 0.5) is 11.5 Å². The van der Waals surface area contributed by atoms with Crippen molar-refractivity contribution in [1.82, 2.24) is 10.3 Å². The highest BCUT2D eigenvalue weighted by atomic mass is 15.2. The lowest BCUT2D eigenvalue weighted by molar-refractivity contribution is 0.256. The van der Waals surface area contributed by atoms with Crippen LogP contribution in [0.3, 0.4) is 0 Å². The molecule has 4 rings (SSSR count). The van der Waals surface area contributed by atoms with E-state index in [0.29, 0.717) is 17.5 Å². The summed E-state index contributed by atoms with van der Waals surface area (Å²) in [5.74, 6) is 2.75. The van der Waals surface area contributed by atoms with Crippen LogP contribution in [0.2, 0.25) is 0 Å². The second-order valence-corrected chi connectivity index (χ2v) is 8.31. The Morgan fingerprint density at radius 1 is 1.26 bits per heavy atom. The predicted molar refractivity (Wildman–Crippen MR) is 95.9 cm³/mol. The van der Waals surface area contributed by atoms with Crippen molar-refractivity contribution in [2.75, 3.05) is 30.4 Å². The zero-order valence-corrected chi connectivity index (χ0v) is 14.7. The topological polar surface area (TPSA) is 40.2 Å². The molecule has 4 atom stereocenters. The lowest BCUT2D eigenvalue weighted by Gasteiger charge is -2.28. The van der Waals surface area contributed by atoms with Crippen molar-refractivity contribution in [3.8, 4) is 0 Å². The molecule has 1 aliphatic heterocycles. The van der Waals surface area contributed by atoms with E-state index in [1.165, 1.54) is 31.4 Å². The largest absolute Gasteiger partial charge is 0.370 e. The molecular formula is C19H30N4. The summed E-state index contributed by atoms with van der Waals surface area (Å²) in [4.78, 5) is 7.06. The van der Waals surface area contributed by atoms with E-state index in [9.17, 15) is 0 Å². The maximum Gasteiger partial charge on any atom is 0.128 e. The number of rotatable bonds is 4. The van der Waals surface area contributed by atoms with Crippen LogP contribution in [0.25, 0.3) is 0 Å². The fourth-order valence-corrected chi connectivity index (χ4v) is 5.31. The smallest absolute Gasteiger partial charge is 0.128 e. The molecule has 0 radical (unpaired) electrons. The molecule has 2 saturated carbocycles. The van der Waals surface area contributed by atoms with Gasteiger partial charge in [0.25, 0.3) is 0 Å². The van der Waals surface area contributed by atoms with Gasteiger partial charge in [-0.2, -0.15) is 0 Å². The molecule has 2 N–H and O–H groups in total. The minimum absolute atomic E-state index is 0.504. The third kappa shape index (κ3) is 2.61. The van der Waals surface area contributed by atoms with Gasteiger partial charge in [0.1, 0.15) is 5.82 Å². The Hall–Kier alpha value is -1.29. The van der Waals surface area contributed by atoms with Gasteiger partial charge in [-0.25, -0.2) is 4.98 Å². The van der Waals surface area contributed by atoms with Gasteiger partial charge in [0.05, 0.1) is 0 Å². The van der Waals surface area contributed by atoms with Gasteiger partial charge in [-0.05, 0) is 56.0 Å². The van der Waals surface area contributed by atoms with E-state index in [2.05, 4.69) is 53.5 Å². The Balaban J connectivity index is 1.46. The van der Waals surface area contributed by atoms with E-state index < -0.39 is 0 Å². The molecule has 4 heteroatoms. The molecule has 3 aliphatic rings. The molecule has 1 saturated heterocycles. The van der Waals surface area contributed by atoms with Gasteiger partial charge in [0.15, 0.2) is 0 Å². The summed E-state index contributed by atoms with van der Waals surface area (Å²) in [5, 5.41) is 7.15. The van der Waals surface area contributed by atoms with Crippen LogP contribution in [0.5, 0.6) is 0 Å². The van der Waals surface area contributed by atoms with Crippen molar-refractivity contribution in [2.24, 2.45) is 17.3 Å². The van der Waals surface area contributed by atoms with Crippen LogP contribution >= 0.6 is 0 Å². The third-order valence-electron chi connectivity index (χ3n) is 6.90. The molecular weight excluding hydrogens is 284 g/mol. The Morgan fingerprint density at radius 3 is 2.78 bits per heavy atom. The SMILES string of the molecule is CN[C@H]1CCN(c2ccnc(N[C@H]3C[C@H]4CCC3C4(C)C)c2)C1. The number of nitrogens with one attached hydrogen (secondary N) is 2. The number of nitrogens with zero attached hydrogens (tertiary/aromatic N) is 2. The van der Waals surface area contributed by atoms with E-state index in [1.54, 1.807) is 0 Å². The molecule has 3 fully saturated rings. The Labute approximate surface area is 140 Å². The standard InChI is InChI=1S/C19H30N4/c1-19(2)13-4-5-16(19)17(10-13)22-18-11-15(6-8-21-18)23-9-7-14(12-23)20-3/h6,8,11,13-14,16-17,20H,4-5,7,9-10,12H2,1-3H3,(H,21,22)/t13-,14+,16?,17+/m1/s1. The van der Waals surface area contributed by atoms with Crippen molar-refractivity contribution >= 4 is 11.5 Å². The number of pyridine rings is 1. The lowest BCUT2D eigenvalue weighted by atomic mass is 9.81. The highest BCUT2D eigenvalue weighted by Gasteiger charge is 2.53. The maximum absolute atomic E-state index is 4.59. The minimum Gasteiger partial charge on any atom is -0.370 e. The summed E-state index contributed by atoms with van der Waals surface area (Å²) in [5.41, 5.74) is 1.81. The fourth-order valence-electron chi connectivity index (χ4n) is 5.31. The quantitative estimate of drug-likeness (QED) is 0.896. The number of likely N-dealkylation sites (N-methyl/N-ethyl adjacent to an activating group) is 1. The molecule has 2 aliphatic carbocycles. The monoisotopic (exact) mass is 314 g/mol. The molecule has 4 nitrogen and oxygen atoms in total. The first-order valence-electron chi connectivity index (χ1n) is 9.22. The second-order valence-electron chi connectivity index (χ2n) is 8.31. The summed E-state index contributed by atoms with van der Waals surface area (Å²) in [6.45, 7) is 7.16. The van der Waals surface area contributed by atoms with E-state index >= 15 is 0 Å². The van der Waals surface area contributed by atoms with Gasteiger partial charge in [-0.1, -0.05) is 13.8 Å². The molecule has 0 amide bonds. The maximum atomic E-state index is 4.59. The van der Waals surface area contributed by atoms with E-state index in [0.717, 1.165) is 30.7 Å². The van der Waals surface area contributed by atoms with Crippen molar-refractivity contribution in [1.29, 1.82) is 0 Å². The van der Waals surface area contributed by atoms with Crippen LogP contribution in [0.15, 0.2) is 18.3 Å². The van der Waals surface area contributed by atoms with Gasteiger partial charge in [-0.15, -0.1) is 0 Å². The molecule has 1 aromatic heterocycles. The highest BCUT2D eigenvalue weighted by Crippen LogP contribution is 2.58. The predicted octanol–water partition coefficient (Wildman–Crippen LogP) is 3.12. The Kier molecular flexibility index (Phi) is 3.75. The first kappa shape index (κ1) is 15.3. The fraction of sp³-hybridized carbons (Fsp3) is 0.737. The van der Waals surface area contributed by atoms with Crippen molar-refractivity contribution < 1.29 is 0 Å². The average molecular weight is 314 g/mol. The molecule has 126 valence electrons. The van der Waals surface area contributed by atoms with Crippen molar-refractivity contribution in [3.63, 3.8) is 0 Å². The molecule has 2 bridgehead atoms. The summed E-state index contributed by atoms with van der Waals surface area (Å²) >= 11 is 0. The first-order valence-corrected chi connectivity index (χ1v) is 9.22. The van der Waals surface area contributed by atoms with Gasteiger partial charge >= 0.3 is 0 Å². The van der Waals surface area contributed by atoms with Gasteiger partial charge in [-0.3, -0.25) is 0 Å². The summed E-state index contributed by atoms with van der Waals surface area (Å²) < 4.78 is 0. The van der Waals surface area contributed by atoms with Crippen molar-refractivity contribution in [3.05, 3.63) is 18.3 Å². The van der Waals surface area contributed by atoms with Crippen LogP contribution in [-0.4, -0.2) is 37.2 Å². The number of hydrogen-bond acceptors (Lipinski definition) is 4. The zero-order chi connectivity index (χ0) is 16.0. The molecule has 2 heterocycles. The zero-order valence-electron chi connectivity index (χ0n) is 14.7. The van der Waals surface area contributed by atoms with Crippen LogP contribution in [0, 0.1) is 17.3 Å². The molecule has 0 aromatic carbocycles. The summed E-state index contributed by atoms with van der Waals surface area (Å²) in [6.07, 6.45) is 7.30. The summed E-state index contributed by atoms with van der Waals surface area (Å²) in [7, 11) is 2.06. The van der Waals surface area contributed by atoms with Gasteiger partial charge in [0.2, 0.25) is 0 Å². The number of anilines is 2. The molecule has 1 unspecified atom stereocenters. The molecule has 23 heavy (non-hydrogen) atoms. The summed E-state index contributed by atoms with van der Waals surface area (Å²) in [6, 6.07) is 5.62. The number of fused-ring (bicyclic) bond motifs is 2. The Bertz CT molecular complexity index is 570.